The van der Waals surface area contributed by atoms with E-state index in [1.54, 1.807) is 0 Å². The molecule has 2 heteroatoms. The number of hydrogen-bond acceptors (Lipinski definition) is 2. The predicted molar refractivity (Wildman–Crippen MR) is 80.9 cm³/mol. The molecule has 0 spiro atoms. The Labute approximate surface area is 119 Å². The number of nitrogens with two attached hydrogens (primary N) is 1. The van der Waals surface area contributed by atoms with Gasteiger partial charge >= 0.3 is 0 Å². The average Bonchev–Trinajstić information content (AvgIpc) is 2.43. The van der Waals surface area contributed by atoms with Crippen LogP contribution in [0.1, 0.15) is 72.1 Å². The van der Waals surface area contributed by atoms with Crippen molar-refractivity contribution in [1.29, 1.82) is 0 Å². The maximum Gasteiger partial charge on any atom is 0.0741 e. The first-order chi connectivity index (χ1) is 8.97. The van der Waals surface area contributed by atoms with Crippen molar-refractivity contribution >= 4 is 0 Å². The Morgan fingerprint density at radius 1 is 1.11 bits per heavy atom. The Morgan fingerprint density at radius 2 is 1.74 bits per heavy atom. The topological polar surface area (TPSA) is 46.2 Å². The lowest BCUT2D eigenvalue weighted by Crippen LogP contribution is -2.59. The molecule has 3 unspecified atom stereocenters. The minimum absolute atomic E-state index is 0.00176. The van der Waals surface area contributed by atoms with Crippen molar-refractivity contribution in [3.8, 4) is 0 Å². The standard InChI is InChI=1S/C17H33NO/c1-4-15-6-8-16(12-18,9-7-15)17(19)10-5-13(2)11-14(17)3/h13-15,19H,4-12,18H2,1-3H3. The van der Waals surface area contributed by atoms with E-state index in [0.29, 0.717) is 12.5 Å². The highest BCUT2D eigenvalue weighted by Crippen LogP contribution is 2.54. The molecule has 0 aromatic heterocycles. The molecule has 2 fully saturated rings. The molecule has 0 saturated heterocycles. The molecule has 3 atom stereocenters. The molecule has 2 rings (SSSR count). The molecule has 19 heavy (non-hydrogen) atoms. The fourth-order valence-electron chi connectivity index (χ4n) is 4.87. The summed E-state index contributed by atoms with van der Waals surface area (Å²) in [5, 5.41) is 11.4. The lowest BCUT2D eigenvalue weighted by molar-refractivity contribution is -0.163. The molecule has 2 aliphatic carbocycles. The van der Waals surface area contributed by atoms with Crippen molar-refractivity contribution in [2.24, 2.45) is 28.9 Å². The van der Waals surface area contributed by atoms with E-state index >= 15 is 0 Å². The Balaban J connectivity index is 2.16. The van der Waals surface area contributed by atoms with Gasteiger partial charge in [-0.1, -0.05) is 27.2 Å². The van der Waals surface area contributed by atoms with Gasteiger partial charge in [0.2, 0.25) is 0 Å². The molecule has 112 valence electrons. The molecule has 0 aromatic carbocycles. The quantitative estimate of drug-likeness (QED) is 0.818. The van der Waals surface area contributed by atoms with Gasteiger partial charge in [0.15, 0.2) is 0 Å². The lowest BCUT2D eigenvalue weighted by Gasteiger charge is -2.56. The maximum absolute atomic E-state index is 11.4. The van der Waals surface area contributed by atoms with Gasteiger partial charge in [0.25, 0.3) is 0 Å². The summed E-state index contributed by atoms with van der Waals surface area (Å²) in [6.07, 6.45) is 9.37. The summed E-state index contributed by atoms with van der Waals surface area (Å²) in [7, 11) is 0. The van der Waals surface area contributed by atoms with Gasteiger partial charge in [0, 0.05) is 12.0 Å². The van der Waals surface area contributed by atoms with Crippen LogP contribution in [0.2, 0.25) is 0 Å². The van der Waals surface area contributed by atoms with Gasteiger partial charge in [-0.15, -0.1) is 0 Å². The zero-order chi connectivity index (χ0) is 14.1. The lowest BCUT2D eigenvalue weighted by atomic mass is 9.53. The largest absolute Gasteiger partial charge is 0.389 e. The molecule has 0 aliphatic heterocycles. The van der Waals surface area contributed by atoms with Crippen molar-refractivity contribution in [3.05, 3.63) is 0 Å². The summed E-state index contributed by atoms with van der Waals surface area (Å²) in [4.78, 5) is 0. The summed E-state index contributed by atoms with van der Waals surface area (Å²) in [6.45, 7) is 7.52. The molecule has 2 aliphatic rings. The molecule has 0 heterocycles. The van der Waals surface area contributed by atoms with Crippen LogP contribution in [0, 0.1) is 23.2 Å². The minimum Gasteiger partial charge on any atom is -0.389 e. The molecular weight excluding hydrogens is 234 g/mol. The molecule has 3 N–H and O–H groups in total. The van der Waals surface area contributed by atoms with E-state index in [9.17, 15) is 5.11 Å². The van der Waals surface area contributed by atoms with Crippen LogP contribution in [0.25, 0.3) is 0 Å². The van der Waals surface area contributed by atoms with Crippen LogP contribution in [-0.4, -0.2) is 17.3 Å². The second-order valence-corrected chi connectivity index (χ2v) is 7.54. The van der Waals surface area contributed by atoms with E-state index in [1.165, 1.54) is 25.7 Å². The van der Waals surface area contributed by atoms with E-state index in [-0.39, 0.29) is 5.41 Å². The smallest absolute Gasteiger partial charge is 0.0741 e. The van der Waals surface area contributed by atoms with Gasteiger partial charge in [0.05, 0.1) is 5.60 Å². The first-order valence-electron chi connectivity index (χ1n) is 8.40. The number of hydrogen-bond donors (Lipinski definition) is 2. The maximum atomic E-state index is 11.4. The Bertz CT molecular complexity index is 296. The third-order valence-electron chi connectivity index (χ3n) is 6.54. The fourth-order valence-corrected chi connectivity index (χ4v) is 4.87. The van der Waals surface area contributed by atoms with Gasteiger partial charge in [0.1, 0.15) is 0 Å². The van der Waals surface area contributed by atoms with E-state index in [0.717, 1.165) is 37.5 Å². The Hall–Kier alpha value is -0.0800. The van der Waals surface area contributed by atoms with Crippen LogP contribution in [0.4, 0.5) is 0 Å². The van der Waals surface area contributed by atoms with Crippen LogP contribution in [0.15, 0.2) is 0 Å². The summed E-state index contributed by atoms with van der Waals surface area (Å²) in [5.41, 5.74) is 5.67. The molecular formula is C17H33NO. The van der Waals surface area contributed by atoms with Gasteiger partial charge in [-0.3, -0.25) is 0 Å². The van der Waals surface area contributed by atoms with E-state index in [1.807, 2.05) is 0 Å². The van der Waals surface area contributed by atoms with Gasteiger partial charge in [-0.2, -0.15) is 0 Å². The molecule has 0 radical (unpaired) electrons. The summed E-state index contributed by atoms with van der Waals surface area (Å²) in [5.74, 6) is 2.02. The van der Waals surface area contributed by atoms with Crippen LogP contribution in [0.5, 0.6) is 0 Å². The second kappa shape index (κ2) is 5.73. The molecule has 0 bridgehead atoms. The van der Waals surface area contributed by atoms with Crippen molar-refractivity contribution < 1.29 is 5.11 Å². The van der Waals surface area contributed by atoms with E-state index in [2.05, 4.69) is 20.8 Å². The second-order valence-electron chi connectivity index (χ2n) is 7.54. The zero-order valence-electron chi connectivity index (χ0n) is 13.1. The minimum atomic E-state index is -0.507. The highest BCUT2D eigenvalue weighted by Gasteiger charge is 2.54. The fraction of sp³-hybridized carbons (Fsp3) is 1.00. The highest BCUT2D eigenvalue weighted by atomic mass is 16.3. The van der Waals surface area contributed by atoms with Crippen LogP contribution in [-0.2, 0) is 0 Å². The number of rotatable bonds is 3. The van der Waals surface area contributed by atoms with E-state index < -0.39 is 5.60 Å². The van der Waals surface area contributed by atoms with Crippen molar-refractivity contribution in [3.63, 3.8) is 0 Å². The first kappa shape index (κ1) is 15.3. The van der Waals surface area contributed by atoms with Crippen molar-refractivity contribution in [1.82, 2.24) is 0 Å². The SMILES string of the molecule is CCC1CCC(CN)(C2(O)CCC(C)CC2C)CC1. The zero-order valence-corrected chi connectivity index (χ0v) is 13.1. The van der Waals surface area contributed by atoms with Crippen LogP contribution >= 0.6 is 0 Å². The highest BCUT2D eigenvalue weighted by molar-refractivity contribution is 5.06. The molecule has 2 saturated carbocycles. The third-order valence-corrected chi connectivity index (χ3v) is 6.54. The van der Waals surface area contributed by atoms with Gasteiger partial charge < -0.3 is 10.8 Å². The third kappa shape index (κ3) is 2.58. The van der Waals surface area contributed by atoms with E-state index in [4.69, 9.17) is 5.73 Å². The van der Waals surface area contributed by atoms with Gasteiger partial charge in [-0.05, 0) is 62.7 Å². The molecule has 0 aromatic rings. The van der Waals surface area contributed by atoms with Crippen molar-refractivity contribution in [2.75, 3.05) is 6.54 Å². The number of aliphatic hydroxyl groups is 1. The monoisotopic (exact) mass is 267 g/mol. The van der Waals surface area contributed by atoms with Crippen molar-refractivity contribution in [2.45, 2.75) is 77.7 Å². The first-order valence-corrected chi connectivity index (χ1v) is 8.40. The molecule has 0 amide bonds. The predicted octanol–water partition coefficient (Wildman–Crippen LogP) is 3.72. The Kier molecular flexibility index (Phi) is 4.62. The van der Waals surface area contributed by atoms with Crippen LogP contribution < -0.4 is 5.73 Å². The van der Waals surface area contributed by atoms with Crippen LogP contribution in [0.3, 0.4) is 0 Å². The van der Waals surface area contributed by atoms with Gasteiger partial charge in [-0.25, -0.2) is 0 Å². The summed E-state index contributed by atoms with van der Waals surface area (Å²) >= 11 is 0. The summed E-state index contributed by atoms with van der Waals surface area (Å²) < 4.78 is 0. The normalized spacial score (nSPS) is 48.2. The molecule has 2 nitrogen and oxygen atoms in total. The Morgan fingerprint density at radius 3 is 2.21 bits per heavy atom. The summed E-state index contributed by atoms with van der Waals surface area (Å²) in [6, 6.07) is 0. The average molecular weight is 267 g/mol.